The molecule has 0 aliphatic carbocycles. The van der Waals surface area contributed by atoms with Gasteiger partial charge in [-0.1, -0.05) is 27.2 Å². The molecule has 0 aliphatic rings. The highest BCUT2D eigenvalue weighted by Gasteiger charge is 2.03. The van der Waals surface area contributed by atoms with Gasteiger partial charge in [0.25, 0.3) is 0 Å². The SMILES string of the molecule is CCCCOC(=O)OCC(C)C. The molecule has 0 amide bonds. The van der Waals surface area contributed by atoms with Crippen molar-refractivity contribution in [3.05, 3.63) is 0 Å². The molecule has 0 fully saturated rings. The lowest BCUT2D eigenvalue weighted by molar-refractivity contribution is 0.0468. The standard InChI is InChI=1S/C9H18O3/c1-4-5-6-11-9(10)12-7-8(2)3/h8H,4-7H2,1-3H3. The van der Waals surface area contributed by atoms with Crippen LogP contribution in [-0.4, -0.2) is 19.4 Å². The molecule has 12 heavy (non-hydrogen) atoms. The average molecular weight is 174 g/mol. The van der Waals surface area contributed by atoms with Crippen LogP contribution in [0.25, 0.3) is 0 Å². The first kappa shape index (κ1) is 11.3. The van der Waals surface area contributed by atoms with Gasteiger partial charge in [0.2, 0.25) is 0 Å². The van der Waals surface area contributed by atoms with E-state index in [1.807, 2.05) is 20.8 Å². The van der Waals surface area contributed by atoms with Crippen LogP contribution < -0.4 is 0 Å². The molecule has 0 aromatic heterocycles. The van der Waals surface area contributed by atoms with Crippen molar-refractivity contribution in [3.63, 3.8) is 0 Å². The fraction of sp³-hybridized carbons (Fsp3) is 0.889. The Kier molecular flexibility index (Phi) is 6.53. The van der Waals surface area contributed by atoms with Crippen LogP contribution in [0.3, 0.4) is 0 Å². The summed E-state index contributed by atoms with van der Waals surface area (Å²) in [5.74, 6) is 0.365. The molecular weight excluding hydrogens is 156 g/mol. The van der Waals surface area contributed by atoms with Crippen molar-refractivity contribution in [2.75, 3.05) is 13.2 Å². The molecule has 0 atom stereocenters. The average Bonchev–Trinajstić information content (AvgIpc) is 2.01. The third-order valence-corrected chi connectivity index (χ3v) is 1.25. The summed E-state index contributed by atoms with van der Waals surface area (Å²) in [6, 6.07) is 0. The van der Waals surface area contributed by atoms with Crippen LogP contribution in [0.15, 0.2) is 0 Å². The van der Waals surface area contributed by atoms with Gasteiger partial charge >= 0.3 is 6.16 Å². The van der Waals surface area contributed by atoms with Crippen LogP contribution in [0.2, 0.25) is 0 Å². The number of unbranched alkanes of at least 4 members (excludes halogenated alkanes) is 1. The highest BCUT2D eigenvalue weighted by atomic mass is 16.7. The predicted octanol–water partition coefficient (Wildman–Crippen LogP) is 2.60. The van der Waals surface area contributed by atoms with Gasteiger partial charge in [0, 0.05) is 0 Å². The van der Waals surface area contributed by atoms with Gasteiger partial charge in [0.1, 0.15) is 0 Å². The van der Waals surface area contributed by atoms with Gasteiger partial charge in [-0.3, -0.25) is 0 Å². The van der Waals surface area contributed by atoms with Crippen LogP contribution in [0.5, 0.6) is 0 Å². The van der Waals surface area contributed by atoms with E-state index in [2.05, 4.69) is 0 Å². The maximum Gasteiger partial charge on any atom is 0.508 e. The largest absolute Gasteiger partial charge is 0.508 e. The van der Waals surface area contributed by atoms with Gasteiger partial charge in [0.15, 0.2) is 0 Å². The summed E-state index contributed by atoms with van der Waals surface area (Å²) in [4.78, 5) is 10.8. The summed E-state index contributed by atoms with van der Waals surface area (Å²) in [5, 5.41) is 0. The number of hydrogen-bond acceptors (Lipinski definition) is 3. The van der Waals surface area contributed by atoms with Crippen LogP contribution in [0, 0.1) is 5.92 Å². The quantitative estimate of drug-likeness (QED) is 0.474. The summed E-state index contributed by atoms with van der Waals surface area (Å²) in [7, 11) is 0. The minimum Gasteiger partial charge on any atom is -0.434 e. The molecule has 0 aromatic rings. The van der Waals surface area contributed by atoms with Gasteiger partial charge in [-0.25, -0.2) is 4.79 Å². The van der Waals surface area contributed by atoms with Crippen molar-refractivity contribution in [1.29, 1.82) is 0 Å². The maximum absolute atomic E-state index is 10.8. The Bertz CT molecular complexity index is 121. The highest BCUT2D eigenvalue weighted by molar-refractivity contribution is 5.59. The van der Waals surface area contributed by atoms with Crippen molar-refractivity contribution < 1.29 is 14.3 Å². The molecule has 3 heteroatoms. The van der Waals surface area contributed by atoms with E-state index >= 15 is 0 Å². The summed E-state index contributed by atoms with van der Waals surface area (Å²) in [5.41, 5.74) is 0. The molecule has 72 valence electrons. The van der Waals surface area contributed by atoms with Gasteiger partial charge in [-0.2, -0.15) is 0 Å². The van der Waals surface area contributed by atoms with Crippen LogP contribution in [-0.2, 0) is 9.47 Å². The third kappa shape index (κ3) is 7.38. The lowest BCUT2D eigenvalue weighted by Crippen LogP contribution is -2.12. The molecule has 0 radical (unpaired) electrons. The number of hydrogen-bond donors (Lipinski definition) is 0. The van der Waals surface area contributed by atoms with E-state index in [-0.39, 0.29) is 0 Å². The molecule has 0 N–H and O–H groups in total. The first-order valence-corrected chi connectivity index (χ1v) is 4.46. The summed E-state index contributed by atoms with van der Waals surface area (Å²) in [6.07, 6.45) is 1.38. The van der Waals surface area contributed by atoms with Gasteiger partial charge in [-0.15, -0.1) is 0 Å². The number of carbonyl (C=O) groups excluding carboxylic acids is 1. The van der Waals surface area contributed by atoms with Crippen molar-refractivity contribution >= 4 is 6.16 Å². The molecule has 0 saturated carbocycles. The second-order valence-electron chi connectivity index (χ2n) is 3.16. The minimum absolute atomic E-state index is 0.365. The smallest absolute Gasteiger partial charge is 0.434 e. The van der Waals surface area contributed by atoms with Crippen molar-refractivity contribution in [2.45, 2.75) is 33.6 Å². The monoisotopic (exact) mass is 174 g/mol. The van der Waals surface area contributed by atoms with Gasteiger partial charge < -0.3 is 9.47 Å². The first-order valence-electron chi connectivity index (χ1n) is 4.46. The molecule has 0 bridgehead atoms. The summed E-state index contributed by atoms with van der Waals surface area (Å²) >= 11 is 0. The Morgan fingerprint density at radius 2 is 2.00 bits per heavy atom. The van der Waals surface area contributed by atoms with E-state index in [1.165, 1.54) is 0 Å². The molecule has 3 nitrogen and oxygen atoms in total. The van der Waals surface area contributed by atoms with Crippen molar-refractivity contribution in [3.8, 4) is 0 Å². The molecule has 0 heterocycles. The molecular formula is C9H18O3. The fourth-order valence-corrected chi connectivity index (χ4v) is 0.576. The first-order chi connectivity index (χ1) is 5.66. The predicted molar refractivity (Wildman–Crippen MR) is 47.0 cm³/mol. The zero-order valence-electron chi connectivity index (χ0n) is 8.13. The van der Waals surface area contributed by atoms with E-state index in [9.17, 15) is 4.79 Å². The van der Waals surface area contributed by atoms with Crippen LogP contribution >= 0.6 is 0 Å². The van der Waals surface area contributed by atoms with Gasteiger partial charge in [0.05, 0.1) is 13.2 Å². The Balaban J connectivity index is 3.22. The zero-order chi connectivity index (χ0) is 9.40. The summed E-state index contributed by atoms with van der Waals surface area (Å²) in [6.45, 7) is 6.92. The normalized spacial score (nSPS) is 10.0. The van der Waals surface area contributed by atoms with Gasteiger partial charge in [-0.05, 0) is 12.3 Å². The molecule has 0 spiro atoms. The fourth-order valence-electron chi connectivity index (χ4n) is 0.576. The second-order valence-corrected chi connectivity index (χ2v) is 3.16. The summed E-state index contributed by atoms with van der Waals surface area (Å²) < 4.78 is 9.56. The van der Waals surface area contributed by atoms with E-state index in [4.69, 9.17) is 9.47 Å². The molecule has 0 unspecified atom stereocenters. The Labute approximate surface area is 74.0 Å². The van der Waals surface area contributed by atoms with E-state index in [1.54, 1.807) is 0 Å². The van der Waals surface area contributed by atoms with E-state index < -0.39 is 6.16 Å². The maximum atomic E-state index is 10.8. The molecule has 0 saturated heterocycles. The van der Waals surface area contributed by atoms with E-state index in [0.717, 1.165) is 12.8 Å². The number of rotatable bonds is 5. The Morgan fingerprint density at radius 1 is 1.33 bits per heavy atom. The van der Waals surface area contributed by atoms with E-state index in [0.29, 0.717) is 19.1 Å². The molecule has 0 aliphatic heterocycles. The molecule has 0 aromatic carbocycles. The highest BCUT2D eigenvalue weighted by Crippen LogP contribution is 1.96. The lowest BCUT2D eigenvalue weighted by atomic mass is 10.2. The third-order valence-electron chi connectivity index (χ3n) is 1.25. The van der Waals surface area contributed by atoms with Crippen LogP contribution in [0.4, 0.5) is 4.79 Å². The topological polar surface area (TPSA) is 35.5 Å². The second kappa shape index (κ2) is 6.95. The number of ether oxygens (including phenoxy) is 2. The Hall–Kier alpha value is -0.730. The zero-order valence-corrected chi connectivity index (χ0v) is 8.13. The van der Waals surface area contributed by atoms with Crippen LogP contribution in [0.1, 0.15) is 33.6 Å². The van der Waals surface area contributed by atoms with Crippen molar-refractivity contribution in [2.24, 2.45) is 5.92 Å². The minimum atomic E-state index is -0.544. The molecule has 0 rings (SSSR count). The lowest BCUT2D eigenvalue weighted by Gasteiger charge is -2.06. The van der Waals surface area contributed by atoms with Crippen molar-refractivity contribution in [1.82, 2.24) is 0 Å². The number of carbonyl (C=O) groups is 1. The Morgan fingerprint density at radius 3 is 2.50 bits per heavy atom.